The third-order valence-electron chi connectivity index (χ3n) is 0.194. The molecule has 0 heterocycles. The van der Waals surface area contributed by atoms with Crippen molar-refractivity contribution in [2.24, 2.45) is 0 Å². The van der Waals surface area contributed by atoms with E-state index < -0.39 is 32.2 Å². The van der Waals surface area contributed by atoms with Gasteiger partial charge in [0.1, 0.15) is 0 Å². The van der Waals surface area contributed by atoms with Crippen LogP contribution in [0.5, 0.6) is 0 Å². The summed E-state index contributed by atoms with van der Waals surface area (Å²) in [5.41, 5.74) is 0. The van der Waals surface area contributed by atoms with Gasteiger partial charge in [-0.1, -0.05) is 0 Å². The van der Waals surface area contributed by atoms with Crippen molar-refractivity contribution in [1.82, 2.24) is 0 Å². The van der Waals surface area contributed by atoms with Crippen molar-refractivity contribution in [2.75, 3.05) is 0 Å². The van der Waals surface area contributed by atoms with Crippen LogP contribution >= 0.6 is 0 Å². The predicted octanol–water partition coefficient (Wildman–Crippen LogP) is -15.1. The van der Waals surface area contributed by atoms with Gasteiger partial charge in [0.05, 0.1) is 0 Å². The summed E-state index contributed by atoms with van der Waals surface area (Å²) in [6, 6.07) is 0. The molecule has 18 heteroatoms. The maximum Gasteiger partial charge on any atom is 1.00 e. The Morgan fingerprint density at radius 3 is 0.889 bits per heavy atom. The van der Waals surface area contributed by atoms with Crippen molar-refractivity contribution in [3.8, 4) is 0 Å². The van der Waals surface area contributed by atoms with Gasteiger partial charge in [-0.2, -0.15) is 0 Å². The molecule has 0 unspecified atom stereocenters. The molecule has 0 aliphatic rings. The maximum absolute atomic E-state index is 9.37. The van der Waals surface area contributed by atoms with Gasteiger partial charge in [0, 0.05) is 0 Å². The SMILES string of the molecule is O=S(=O)([O-])OOS(=O)(=O)[O-].O=S([O-])[O-].[Na+].[Na+].[Na+].[Na+]. The van der Waals surface area contributed by atoms with Crippen LogP contribution in [0.4, 0.5) is 0 Å². The Hall–Kier alpha value is 3.81. The number of rotatable bonds is 3. The first-order valence-electron chi connectivity index (χ1n) is 2.00. The van der Waals surface area contributed by atoms with Crippen molar-refractivity contribution in [1.29, 1.82) is 0 Å². The third-order valence-corrected chi connectivity index (χ3v) is 0.750. The van der Waals surface area contributed by atoms with Gasteiger partial charge >= 0.3 is 118 Å². The summed E-state index contributed by atoms with van der Waals surface area (Å²) in [5.74, 6) is 0. The molecule has 18 heavy (non-hydrogen) atoms. The van der Waals surface area contributed by atoms with Crippen molar-refractivity contribution in [2.45, 2.75) is 0 Å². The van der Waals surface area contributed by atoms with Crippen LogP contribution in [0.2, 0.25) is 0 Å². The maximum atomic E-state index is 9.37. The second-order valence-electron chi connectivity index (χ2n) is 1.16. The van der Waals surface area contributed by atoms with E-state index in [0.29, 0.717) is 0 Å². The fourth-order valence-electron chi connectivity index (χ4n) is 0.0680. The van der Waals surface area contributed by atoms with Crippen molar-refractivity contribution in [3.63, 3.8) is 0 Å². The summed E-state index contributed by atoms with van der Waals surface area (Å²) >= 11 is -3.11. The molecule has 0 aliphatic heterocycles. The molecule has 0 amide bonds. The topological polar surface area (TPSA) is 196 Å². The Kier molecular flexibility index (Phi) is 39.6. The smallest absolute Gasteiger partial charge is 0.784 e. The van der Waals surface area contributed by atoms with Crippen molar-refractivity contribution < 1.29 is 166 Å². The van der Waals surface area contributed by atoms with Crippen molar-refractivity contribution in [3.05, 3.63) is 0 Å². The standard InChI is InChI=1S/4Na.H2O8S2.H2O3S/c;;;;1-9(2,3)7-8-10(4,5)6;1-4(2)3/h;;;;(H,1,2,3)(H,4,5,6);(H2,1,2,3)/q4*+1;;/p-4. The van der Waals surface area contributed by atoms with E-state index in [-0.39, 0.29) is 118 Å². The normalized spacial score (nSPS) is 9.39. The summed E-state index contributed by atoms with van der Waals surface area (Å²) in [5, 5.41) is 0. The van der Waals surface area contributed by atoms with Gasteiger partial charge in [0.25, 0.3) is 0 Å². The average molecular weight is 364 g/mol. The zero-order valence-electron chi connectivity index (χ0n) is 9.72. The van der Waals surface area contributed by atoms with Crippen LogP contribution in [0.3, 0.4) is 0 Å². The first kappa shape index (κ1) is 37.8. The quantitative estimate of drug-likeness (QED) is 0.115. The average Bonchev–Trinajstić information content (AvgIpc) is 1.79. The summed E-state index contributed by atoms with van der Waals surface area (Å²) in [6.07, 6.45) is 0. The van der Waals surface area contributed by atoms with Crippen LogP contribution in [0.1, 0.15) is 0 Å². The van der Waals surface area contributed by atoms with E-state index in [1.54, 1.807) is 0 Å². The molecule has 0 fully saturated rings. The second kappa shape index (κ2) is 18.9. The Morgan fingerprint density at radius 1 is 0.722 bits per heavy atom. The Morgan fingerprint density at radius 2 is 0.833 bits per heavy atom. The predicted molar refractivity (Wildman–Crippen MR) is 31.3 cm³/mol. The molecule has 0 N–H and O–H groups in total. The van der Waals surface area contributed by atoms with Crippen LogP contribution in [-0.4, -0.2) is 39.3 Å². The molecule has 0 aliphatic carbocycles. The Balaban J connectivity index is -0.0000000402. The van der Waals surface area contributed by atoms with E-state index in [2.05, 4.69) is 8.67 Å². The van der Waals surface area contributed by atoms with Gasteiger partial charge in [0.2, 0.25) is 20.8 Å². The molecule has 0 aromatic rings. The minimum atomic E-state index is -5.31. The zero-order chi connectivity index (χ0) is 12.0. The largest absolute Gasteiger partial charge is 1.00 e. The summed E-state index contributed by atoms with van der Waals surface area (Å²) in [6.45, 7) is 0. The van der Waals surface area contributed by atoms with E-state index in [0.717, 1.165) is 0 Å². The monoisotopic (exact) mass is 364 g/mol. The van der Waals surface area contributed by atoms with Gasteiger partial charge in [-0.25, -0.2) is 16.8 Å². The summed E-state index contributed by atoms with van der Waals surface area (Å²) in [7, 11) is -10.6. The zero-order valence-corrected chi connectivity index (χ0v) is 20.2. The number of hydrogen-bond donors (Lipinski definition) is 0. The van der Waals surface area contributed by atoms with Crippen LogP contribution < -0.4 is 118 Å². The molecule has 88 valence electrons. The van der Waals surface area contributed by atoms with E-state index in [1.165, 1.54) is 0 Å². The molecule has 0 atom stereocenters. The van der Waals surface area contributed by atoms with Gasteiger partial charge in [0.15, 0.2) is 0 Å². The molecule has 0 radical (unpaired) electrons. The van der Waals surface area contributed by atoms with Gasteiger partial charge in [-0.3, -0.25) is 4.21 Å². The molecule has 0 aromatic heterocycles. The van der Waals surface area contributed by atoms with Gasteiger partial charge < -0.3 is 18.2 Å². The molecule has 11 nitrogen and oxygen atoms in total. The molecule has 0 saturated heterocycles. The van der Waals surface area contributed by atoms with Crippen LogP contribution in [0.15, 0.2) is 0 Å². The molecule has 0 aromatic carbocycles. The van der Waals surface area contributed by atoms with Crippen LogP contribution in [0.25, 0.3) is 0 Å². The fraction of sp³-hybridized carbons (Fsp3) is 0. The van der Waals surface area contributed by atoms with Crippen LogP contribution in [0, 0.1) is 0 Å². The first-order chi connectivity index (χ1) is 5.94. The second-order valence-corrected chi connectivity index (χ2v) is 3.47. The molecule has 0 bridgehead atoms. The van der Waals surface area contributed by atoms with E-state index in [9.17, 15) is 25.9 Å². The first-order valence-corrected chi connectivity index (χ1v) is 5.67. The molecular formula is Na4O11S3. The molecular weight excluding hydrogens is 364 g/mol. The molecule has 0 spiro atoms. The van der Waals surface area contributed by atoms with Crippen LogP contribution in [-0.2, 0) is 40.8 Å². The van der Waals surface area contributed by atoms with E-state index in [4.69, 9.17) is 13.3 Å². The van der Waals surface area contributed by atoms with E-state index in [1.807, 2.05) is 0 Å². The summed E-state index contributed by atoms with van der Waals surface area (Å²) < 4.78 is 86.8. The van der Waals surface area contributed by atoms with E-state index >= 15 is 0 Å². The fourth-order valence-corrected chi connectivity index (χ4v) is 0.612. The van der Waals surface area contributed by atoms with Gasteiger partial charge in [-0.05, 0) is 0 Å². The van der Waals surface area contributed by atoms with Gasteiger partial charge in [-0.15, -0.1) is 20.0 Å². The Labute approximate surface area is 194 Å². The minimum Gasteiger partial charge on any atom is -0.784 e. The molecule has 0 saturated carbocycles. The minimum absolute atomic E-state index is 0. The van der Waals surface area contributed by atoms with Crippen molar-refractivity contribution >= 4 is 32.2 Å². The summed E-state index contributed by atoms with van der Waals surface area (Å²) in [4.78, 5) is 0. The Bertz CT molecular complexity index is 331. The molecule has 0 rings (SSSR count). The number of hydrogen-bond acceptors (Lipinski definition) is 11. The third kappa shape index (κ3) is 60.0.